The van der Waals surface area contributed by atoms with Crippen molar-refractivity contribution in [2.24, 2.45) is 11.7 Å². The van der Waals surface area contributed by atoms with Crippen LogP contribution in [-0.2, 0) is 6.54 Å². The van der Waals surface area contributed by atoms with Crippen molar-refractivity contribution in [3.05, 3.63) is 41.6 Å². The van der Waals surface area contributed by atoms with E-state index in [1.807, 2.05) is 6.92 Å². The van der Waals surface area contributed by atoms with Crippen LogP contribution in [-0.4, -0.2) is 29.0 Å². The predicted octanol–water partition coefficient (Wildman–Crippen LogP) is 3.13. The highest BCUT2D eigenvalue weighted by Crippen LogP contribution is 2.22. The summed E-state index contributed by atoms with van der Waals surface area (Å²) in [6.45, 7) is 7.47. The number of nitrogens with zero attached hydrogens (tertiary/aromatic N) is 2. The van der Waals surface area contributed by atoms with Crippen molar-refractivity contribution >= 4 is 23.3 Å². The molecule has 0 saturated carbocycles. The van der Waals surface area contributed by atoms with E-state index < -0.39 is 0 Å². The van der Waals surface area contributed by atoms with Gasteiger partial charge in [-0.3, -0.25) is 9.88 Å². The molecule has 1 saturated heterocycles. The average Bonchev–Trinajstić information content (AvgIpc) is 2.88. The molecule has 2 heterocycles. The number of hydrogen-bond acceptors (Lipinski definition) is 3. The number of benzene rings is 1. The number of halogens is 1. The quantitative estimate of drug-likeness (QED) is 0.947. The Labute approximate surface area is 132 Å². The number of rotatable bonds is 3. The molecule has 0 bridgehead atoms. The first-order chi connectivity index (χ1) is 9.61. The summed E-state index contributed by atoms with van der Waals surface area (Å²) >= 11 is 0. The van der Waals surface area contributed by atoms with E-state index in [1.54, 1.807) is 0 Å². The molecular weight excluding hydrogens is 282 g/mol. The van der Waals surface area contributed by atoms with Gasteiger partial charge in [-0.05, 0) is 56.5 Å². The minimum absolute atomic E-state index is 0. The van der Waals surface area contributed by atoms with Crippen molar-refractivity contribution in [1.82, 2.24) is 9.88 Å². The van der Waals surface area contributed by atoms with Crippen molar-refractivity contribution in [2.45, 2.75) is 32.9 Å². The molecule has 1 aromatic heterocycles. The van der Waals surface area contributed by atoms with E-state index in [9.17, 15) is 0 Å². The standard InChI is InChI=1S/C17H23N3.ClH/c1-12-3-5-15-9-14(4-6-17(15)19-12)10-20-8-7-16(11-20)13(2)18;/h3-6,9,13,16H,7-8,10-11,18H2,1-2H3;1H. The molecule has 0 spiro atoms. The summed E-state index contributed by atoms with van der Waals surface area (Å²) in [5.41, 5.74) is 9.54. The van der Waals surface area contributed by atoms with Gasteiger partial charge in [-0.25, -0.2) is 0 Å². The fourth-order valence-corrected chi connectivity index (χ4v) is 3.07. The van der Waals surface area contributed by atoms with Gasteiger partial charge in [0.2, 0.25) is 0 Å². The molecular formula is C17H24ClN3. The Bertz CT molecular complexity index is 612. The SMILES string of the molecule is Cc1ccc2cc(CN3CCC(C(C)N)C3)ccc2n1.Cl. The molecule has 1 fully saturated rings. The molecule has 2 atom stereocenters. The maximum absolute atomic E-state index is 6.01. The van der Waals surface area contributed by atoms with Gasteiger partial charge in [-0.15, -0.1) is 12.4 Å². The number of nitrogens with two attached hydrogens (primary N) is 1. The molecule has 0 radical (unpaired) electrons. The number of pyridine rings is 1. The second-order valence-corrected chi connectivity index (χ2v) is 6.12. The highest BCUT2D eigenvalue weighted by Gasteiger charge is 2.24. The van der Waals surface area contributed by atoms with E-state index in [0.717, 1.165) is 30.8 Å². The van der Waals surface area contributed by atoms with Crippen LogP contribution >= 0.6 is 12.4 Å². The van der Waals surface area contributed by atoms with Crippen molar-refractivity contribution in [1.29, 1.82) is 0 Å². The van der Waals surface area contributed by atoms with Crippen LogP contribution in [0.3, 0.4) is 0 Å². The number of likely N-dealkylation sites (tertiary alicyclic amines) is 1. The van der Waals surface area contributed by atoms with E-state index in [-0.39, 0.29) is 12.4 Å². The monoisotopic (exact) mass is 305 g/mol. The van der Waals surface area contributed by atoms with Gasteiger partial charge in [0.15, 0.2) is 0 Å². The molecule has 2 N–H and O–H groups in total. The smallest absolute Gasteiger partial charge is 0.0705 e. The van der Waals surface area contributed by atoms with Gasteiger partial charge in [0, 0.05) is 30.2 Å². The predicted molar refractivity (Wildman–Crippen MR) is 90.8 cm³/mol. The second-order valence-electron chi connectivity index (χ2n) is 6.12. The minimum atomic E-state index is 0. The minimum Gasteiger partial charge on any atom is -0.328 e. The molecule has 0 amide bonds. The van der Waals surface area contributed by atoms with Crippen LogP contribution in [0, 0.1) is 12.8 Å². The summed E-state index contributed by atoms with van der Waals surface area (Å²) in [6.07, 6.45) is 1.23. The van der Waals surface area contributed by atoms with Gasteiger partial charge in [0.1, 0.15) is 0 Å². The van der Waals surface area contributed by atoms with Crippen LogP contribution in [0.2, 0.25) is 0 Å². The Kier molecular flexibility index (Phi) is 5.20. The fourth-order valence-electron chi connectivity index (χ4n) is 3.07. The number of hydrogen-bond donors (Lipinski definition) is 1. The number of aromatic nitrogens is 1. The maximum Gasteiger partial charge on any atom is 0.0705 e. The van der Waals surface area contributed by atoms with Crippen LogP contribution in [0.25, 0.3) is 10.9 Å². The number of aryl methyl sites for hydroxylation is 1. The Morgan fingerprint density at radius 2 is 2.14 bits per heavy atom. The molecule has 2 unspecified atom stereocenters. The van der Waals surface area contributed by atoms with Gasteiger partial charge in [0.05, 0.1) is 5.52 Å². The first kappa shape index (κ1) is 16.2. The zero-order valence-corrected chi connectivity index (χ0v) is 13.6. The number of fused-ring (bicyclic) bond motifs is 1. The summed E-state index contributed by atoms with van der Waals surface area (Å²) in [5, 5.41) is 1.23. The lowest BCUT2D eigenvalue weighted by Gasteiger charge is -2.18. The largest absolute Gasteiger partial charge is 0.328 e. The molecule has 1 aromatic carbocycles. The van der Waals surface area contributed by atoms with E-state index in [2.05, 4.69) is 47.1 Å². The molecule has 2 aromatic rings. The Hall–Kier alpha value is -1.16. The summed E-state index contributed by atoms with van der Waals surface area (Å²) < 4.78 is 0. The van der Waals surface area contributed by atoms with E-state index in [1.165, 1.54) is 17.4 Å². The third-order valence-electron chi connectivity index (χ3n) is 4.35. The molecule has 1 aliphatic rings. The second kappa shape index (κ2) is 6.73. The van der Waals surface area contributed by atoms with Crippen molar-refractivity contribution in [3.63, 3.8) is 0 Å². The van der Waals surface area contributed by atoms with Crippen LogP contribution in [0.4, 0.5) is 0 Å². The van der Waals surface area contributed by atoms with Gasteiger partial charge in [-0.1, -0.05) is 12.1 Å². The third-order valence-corrected chi connectivity index (χ3v) is 4.35. The summed E-state index contributed by atoms with van der Waals surface area (Å²) in [5.74, 6) is 0.653. The Balaban J connectivity index is 0.00000161. The van der Waals surface area contributed by atoms with Crippen LogP contribution in [0.1, 0.15) is 24.6 Å². The van der Waals surface area contributed by atoms with Gasteiger partial charge < -0.3 is 5.73 Å². The van der Waals surface area contributed by atoms with Crippen LogP contribution in [0.5, 0.6) is 0 Å². The summed E-state index contributed by atoms with van der Waals surface area (Å²) in [4.78, 5) is 7.06. The van der Waals surface area contributed by atoms with Gasteiger partial charge >= 0.3 is 0 Å². The first-order valence-corrected chi connectivity index (χ1v) is 7.46. The molecule has 21 heavy (non-hydrogen) atoms. The van der Waals surface area contributed by atoms with E-state index in [0.29, 0.717) is 12.0 Å². The maximum atomic E-state index is 6.01. The van der Waals surface area contributed by atoms with Crippen LogP contribution in [0.15, 0.2) is 30.3 Å². The van der Waals surface area contributed by atoms with Gasteiger partial charge in [-0.2, -0.15) is 0 Å². The lowest BCUT2D eigenvalue weighted by Crippen LogP contribution is -2.29. The summed E-state index contributed by atoms with van der Waals surface area (Å²) in [7, 11) is 0. The molecule has 0 aliphatic carbocycles. The Morgan fingerprint density at radius 3 is 2.86 bits per heavy atom. The molecule has 114 valence electrons. The lowest BCUT2D eigenvalue weighted by atomic mass is 10.0. The molecule has 3 nitrogen and oxygen atoms in total. The van der Waals surface area contributed by atoms with E-state index >= 15 is 0 Å². The third kappa shape index (κ3) is 3.73. The molecule has 3 rings (SSSR count). The van der Waals surface area contributed by atoms with Crippen molar-refractivity contribution < 1.29 is 0 Å². The zero-order chi connectivity index (χ0) is 14.1. The topological polar surface area (TPSA) is 42.1 Å². The van der Waals surface area contributed by atoms with Crippen molar-refractivity contribution in [2.75, 3.05) is 13.1 Å². The zero-order valence-electron chi connectivity index (χ0n) is 12.7. The highest BCUT2D eigenvalue weighted by molar-refractivity contribution is 5.85. The highest BCUT2D eigenvalue weighted by atomic mass is 35.5. The van der Waals surface area contributed by atoms with Gasteiger partial charge in [0.25, 0.3) is 0 Å². The summed E-state index contributed by atoms with van der Waals surface area (Å²) in [6, 6.07) is 11.2. The molecule has 1 aliphatic heterocycles. The fraction of sp³-hybridized carbons (Fsp3) is 0.471. The first-order valence-electron chi connectivity index (χ1n) is 7.46. The Morgan fingerprint density at radius 1 is 1.33 bits per heavy atom. The van der Waals surface area contributed by atoms with Crippen LogP contribution < -0.4 is 5.73 Å². The lowest BCUT2D eigenvalue weighted by molar-refractivity contribution is 0.308. The van der Waals surface area contributed by atoms with E-state index in [4.69, 9.17) is 5.73 Å². The van der Waals surface area contributed by atoms with Crippen molar-refractivity contribution in [3.8, 4) is 0 Å². The normalized spacial score (nSPS) is 20.4. The average molecular weight is 306 g/mol. The molecule has 4 heteroatoms.